The highest BCUT2D eigenvalue weighted by molar-refractivity contribution is 8.00. The summed E-state index contributed by atoms with van der Waals surface area (Å²) in [7, 11) is 0. The number of piperidine rings is 1. The molecular weight excluding hydrogens is 578 g/mol. The number of hydrogen-bond acceptors (Lipinski definition) is 6. The van der Waals surface area contributed by atoms with E-state index in [1.54, 1.807) is 24.3 Å². The quantitative estimate of drug-likeness (QED) is 0.356. The topological polar surface area (TPSA) is 79.7 Å². The number of halogens is 1. The van der Waals surface area contributed by atoms with Gasteiger partial charge in [0.1, 0.15) is 11.8 Å². The number of fused-ring (bicyclic) bond motifs is 2. The van der Waals surface area contributed by atoms with Crippen molar-refractivity contribution in [2.24, 2.45) is 5.92 Å². The second-order valence-electron chi connectivity index (χ2n) is 12.0. The fourth-order valence-corrected chi connectivity index (χ4v) is 8.93. The number of likely N-dealkylation sites (tertiary alicyclic amines) is 1. The van der Waals surface area contributed by atoms with Crippen LogP contribution in [-0.4, -0.2) is 45.5 Å². The van der Waals surface area contributed by atoms with Gasteiger partial charge >= 0.3 is 4.87 Å². The maximum Gasteiger partial charge on any atom is 0.308 e. The monoisotopic (exact) mass is 609 g/mol. The molecule has 2 fully saturated rings. The van der Waals surface area contributed by atoms with Crippen molar-refractivity contribution >= 4 is 58.1 Å². The van der Waals surface area contributed by atoms with Gasteiger partial charge in [-0.2, -0.15) is 0 Å². The Bertz CT molecular complexity index is 1570. The second-order valence-corrected chi connectivity index (χ2v) is 14.5. The van der Waals surface area contributed by atoms with Crippen LogP contribution in [0.25, 0.3) is 0 Å². The molecule has 7 nitrogen and oxygen atoms in total. The molecular formula is C31H32ClN3O4S2. The van der Waals surface area contributed by atoms with Crippen molar-refractivity contribution < 1.29 is 14.4 Å². The van der Waals surface area contributed by atoms with Gasteiger partial charge in [0.2, 0.25) is 17.7 Å². The normalized spacial score (nSPS) is 22.6. The molecule has 3 atom stereocenters. The maximum atomic E-state index is 14.0. The Balaban J connectivity index is 1.44. The van der Waals surface area contributed by atoms with Gasteiger partial charge in [-0.25, -0.2) is 4.90 Å². The number of rotatable bonds is 4. The summed E-state index contributed by atoms with van der Waals surface area (Å²) in [6.07, 6.45) is 3.03. The number of carbonyl (C=O) groups excluding carboxylic acids is 3. The van der Waals surface area contributed by atoms with E-state index in [0.717, 1.165) is 46.6 Å². The molecule has 214 valence electrons. The van der Waals surface area contributed by atoms with Crippen molar-refractivity contribution in [1.29, 1.82) is 0 Å². The minimum atomic E-state index is -0.719. The van der Waals surface area contributed by atoms with E-state index in [9.17, 15) is 19.2 Å². The molecule has 0 aliphatic carbocycles. The van der Waals surface area contributed by atoms with E-state index in [1.807, 2.05) is 17.0 Å². The molecule has 0 N–H and O–H groups in total. The molecule has 2 saturated heterocycles. The minimum absolute atomic E-state index is 0.0534. The molecule has 0 saturated carbocycles. The minimum Gasteiger partial charge on any atom is -0.341 e. The van der Waals surface area contributed by atoms with Gasteiger partial charge in [0.15, 0.2) is 0 Å². The van der Waals surface area contributed by atoms with Gasteiger partial charge in [0.25, 0.3) is 0 Å². The molecule has 3 aromatic rings. The number of nitrogens with zero attached hydrogens (tertiary/aromatic N) is 3. The van der Waals surface area contributed by atoms with Crippen molar-refractivity contribution in [2.75, 3.05) is 18.0 Å². The first kappa shape index (κ1) is 28.2. The van der Waals surface area contributed by atoms with Crippen molar-refractivity contribution in [3.63, 3.8) is 0 Å². The lowest BCUT2D eigenvalue weighted by molar-refractivity contribution is -0.133. The van der Waals surface area contributed by atoms with Crippen LogP contribution in [0.5, 0.6) is 0 Å². The summed E-state index contributed by atoms with van der Waals surface area (Å²) in [4.78, 5) is 58.1. The van der Waals surface area contributed by atoms with Crippen LogP contribution in [-0.2, 0) is 26.3 Å². The summed E-state index contributed by atoms with van der Waals surface area (Å²) >= 11 is 8.42. The van der Waals surface area contributed by atoms with Gasteiger partial charge in [-0.1, -0.05) is 79.7 Å². The molecule has 1 aromatic heterocycles. The fourth-order valence-electron chi connectivity index (χ4n) is 6.03. The van der Waals surface area contributed by atoms with E-state index >= 15 is 0 Å². The maximum absolute atomic E-state index is 14.0. The van der Waals surface area contributed by atoms with E-state index in [4.69, 9.17) is 11.6 Å². The Kier molecular flexibility index (Phi) is 7.41. The highest BCUT2D eigenvalue weighted by atomic mass is 35.5. The predicted molar refractivity (Wildman–Crippen MR) is 163 cm³/mol. The van der Waals surface area contributed by atoms with Gasteiger partial charge in [-0.05, 0) is 60.1 Å². The van der Waals surface area contributed by atoms with E-state index in [2.05, 4.69) is 32.9 Å². The first-order chi connectivity index (χ1) is 19.5. The molecule has 41 heavy (non-hydrogen) atoms. The third-order valence-corrected chi connectivity index (χ3v) is 11.1. The lowest BCUT2D eigenvalue weighted by atomic mass is 9.81. The number of thiazole rings is 1. The molecule has 3 aliphatic heterocycles. The largest absolute Gasteiger partial charge is 0.341 e. The van der Waals surface area contributed by atoms with E-state index in [-0.39, 0.29) is 34.6 Å². The smallest absolute Gasteiger partial charge is 0.308 e. The number of thioether (sulfide) groups is 1. The summed E-state index contributed by atoms with van der Waals surface area (Å²) in [6.45, 7) is 7.76. The third kappa shape index (κ3) is 5.06. The van der Waals surface area contributed by atoms with Gasteiger partial charge in [0.05, 0.1) is 16.6 Å². The lowest BCUT2D eigenvalue weighted by Crippen LogP contribution is -2.39. The number of anilines is 1. The molecule has 6 rings (SSSR count). The van der Waals surface area contributed by atoms with Crippen LogP contribution >= 0.6 is 34.7 Å². The Hall–Kier alpha value is -2.88. The molecule has 3 amide bonds. The molecule has 0 radical (unpaired) electrons. The van der Waals surface area contributed by atoms with E-state index < -0.39 is 17.1 Å². The molecule has 10 heteroatoms. The van der Waals surface area contributed by atoms with Crippen LogP contribution in [0.4, 0.5) is 5.69 Å². The number of aromatic nitrogens is 1. The Morgan fingerprint density at radius 3 is 2.22 bits per heavy atom. The van der Waals surface area contributed by atoms with Crippen LogP contribution in [0.15, 0.2) is 58.4 Å². The summed E-state index contributed by atoms with van der Waals surface area (Å²) in [6, 6.07) is 14.8. The standard InChI is InChI=1S/C31H32ClN3O4S2/c1-31(2,3)19-9-7-18(8-10-19)23-24-25(28(38)35(27(24)37)21-13-11-20(32)12-14-21)40-29-26(23)41-30(39)34(29)17-22(36)33-15-5-4-6-16-33/h7-14,23-25H,4-6,15-17H2,1-3H3/t23-,24+,25-/m0/s1. The van der Waals surface area contributed by atoms with Gasteiger partial charge < -0.3 is 4.90 Å². The molecule has 3 aliphatic rings. The Morgan fingerprint density at radius 1 is 0.927 bits per heavy atom. The van der Waals surface area contributed by atoms with Crippen LogP contribution in [0.1, 0.15) is 62.0 Å². The van der Waals surface area contributed by atoms with Crippen LogP contribution in [0, 0.1) is 5.92 Å². The van der Waals surface area contributed by atoms with Crippen LogP contribution in [0.2, 0.25) is 5.02 Å². The second kappa shape index (κ2) is 10.7. The number of imide groups is 1. The molecule has 4 heterocycles. The van der Waals surface area contributed by atoms with E-state index in [1.165, 1.54) is 21.2 Å². The Morgan fingerprint density at radius 2 is 1.59 bits per heavy atom. The highest BCUT2D eigenvalue weighted by Crippen LogP contribution is 2.54. The molecule has 0 spiro atoms. The number of amides is 3. The lowest BCUT2D eigenvalue weighted by Gasteiger charge is -2.31. The van der Waals surface area contributed by atoms with E-state index in [0.29, 0.717) is 28.8 Å². The SMILES string of the molecule is CC(C)(C)c1ccc([C@@H]2c3sc(=O)n(CC(=O)N4CCCCC4)c3S[C@@H]3C(=O)N(c4ccc(Cl)cc4)C(=O)[C@H]23)cc1. The highest BCUT2D eigenvalue weighted by Gasteiger charge is 2.56. The first-order valence-corrected chi connectivity index (χ1v) is 16.0. The van der Waals surface area contributed by atoms with Gasteiger partial charge in [-0.15, -0.1) is 0 Å². The predicted octanol–water partition coefficient (Wildman–Crippen LogP) is 5.67. The van der Waals surface area contributed by atoms with Crippen molar-refractivity contribution in [3.8, 4) is 0 Å². The molecule has 0 bridgehead atoms. The molecule has 2 aromatic carbocycles. The Labute approximate surface area is 252 Å². The zero-order chi connectivity index (χ0) is 29.1. The zero-order valence-corrected chi connectivity index (χ0v) is 25.7. The molecule has 0 unspecified atom stereocenters. The fraction of sp³-hybridized carbons (Fsp3) is 0.419. The van der Waals surface area contributed by atoms with Gasteiger partial charge in [0, 0.05) is 28.9 Å². The zero-order valence-electron chi connectivity index (χ0n) is 23.3. The number of hydrogen-bond donors (Lipinski definition) is 0. The average molecular weight is 610 g/mol. The number of benzene rings is 2. The first-order valence-electron chi connectivity index (χ1n) is 14.0. The summed E-state index contributed by atoms with van der Waals surface area (Å²) in [5, 5.41) is 0.417. The van der Waals surface area contributed by atoms with Crippen molar-refractivity contribution in [1.82, 2.24) is 9.47 Å². The summed E-state index contributed by atoms with van der Waals surface area (Å²) < 4.78 is 1.52. The summed E-state index contributed by atoms with van der Waals surface area (Å²) in [5.41, 5.74) is 2.45. The van der Waals surface area contributed by atoms with Crippen LogP contribution < -0.4 is 9.77 Å². The third-order valence-electron chi connectivity index (χ3n) is 8.27. The van der Waals surface area contributed by atoms with Crippen LogP contribution in [0.3, 0.4) is 0 Å². The average Bonchev–Trinajstić information content (AvgIpc) is 3.40. The van der Waals surface area contributed by atoms with Gasteiger partial charge in [-0.3, -0.25) is 23.7 Å². The van der Waals surface area contributed by atoms with Crippen molar-refractivity contribution in [3.05, 3.63) is 79.2 Å². The summed E-state index contributed by atoms with van der Waals surface area (Å²) in [5.74, 6) is -1.86. The number of carbonyl (C=O) groups is 3. The van der Waals surface area contributed by atoms with Crippen molar-refractivity contribution in [2.45, 2.75) is 68.2 Å².